The summed E-state index contributed by atoms with van der Waals surface area (Å²) in [5.74, 6) is -0.293. The number of hydrogen-bond donors (Lipinski definition) is 1. The van der Waals surface area contributed by atoms with E-state index < -0.39 is 0 Å². The summed E-state index contributed by atoms with van der Waals surface area (Å²) in [6, 6.07) is 12.8. The number of benzene rings is 2. The number of rotatable bonds is 3. The largest absolute Gasteiger partial charge is 0.367 e. The van der Waals surface area contributed by atoms with Crippen LogP contribution in [0.4, 0.5) is 15.8 Å². The van der Waals surface area contributed by atoms with Crippen molar-refractivity contribution in [1.29, 1.82) is 0 Å². The average Bonchev–Trinajstić information content (AvgIpc) is 2.49. The zero-order valence-electron chi connectivity index (χ0n) is 12.6. The minimum atomic E-state index is -0.208. The second-order valence-corrected chi connectivity index (χ2v) is 5.64. The summed E-state index contributed by atoms with van der Waals surface area (Å²) >= 11 is 0. The molecule has 0 spiro atoms. The van der Waals surface area contributed by atoms with Crippen LogP contribution >= 0.6 is 0 Å². The number of halogens is 1. The molecule has 0 saturated carbocycles. The molecule has 0 atom stereocenters. The van der Waals surface area contributed by atoms with Gasteiger partial charge < -0.3 is 10.2 Å². The monoisotopic (exact) mass is 298 g/mol. The highest BCUT2D eigenvalue weighted by Crippen LogP contribution is 2.30. The highest BCUT2D eigenvalue weighted by molar-refractivity contribution is 5.89. The van der Waals surface area contributed by atoms with Crippen molar-refractivity contribution in [2.24, 2.45) is 0 Å². The van der Waals surface area contributed by atoms with Crippen molar-refractivity contribution in [3.8, 4) is 0 Å². The minimum Gasteiger partial charge on any atom is -0.367 e. The summed E-state index contributed by atoms with van der Waals surface area (Å²) in [6.45, 7) is 3.06. The van der Waals surface area contributed by atoms with Crippen LogP contribution in [0.25, 0.3) is 0 Å². The maximum atomic E-state index is 13.6. The Morgan fingerprint density at radius 1 is 1.27 bits per heavy atom. The molecular weight excluding hydrogens is 279 g/mol. The first-order chi connectivity index (χ1) is 10.6. The fourth-order valence-electron chi connectivity index (χ4n) is 2.96. The van der Waals surface area contributed by atoms with Crippen LogP contribution in [0.5, 0.6) is 0 Å². The highest BCUT2D eigenvalue weighted by Gasteiger charge is 2.18. The molecule has 0 radical (unpaired) electrons. The van der Waals surface area contributed by atoms with Gasteiger partial charge in [0.15, 0.2) is 0 Å². The topological polar surface area (TPSA) is 32.3 Å². The van der Waals surface area contributed by atoms with E-state index in [-0.39, 0.29) is 11.7 Å². The third-order valence-corrected chi connectivity index (χ3v) is 3.95. The molecule has 114 valence electrons. The van der Waals surface area contributed by atoms with Gasteiger partial charge in [0.05, 0.1) is 0 Å². The predicted molar refractivity (Wildman–Crippen MR) is 86.5 cm³/mol. The molecule has 0 aliphatic carbocycles. The quantitative estimate of drug-likeness (QED) is 0.936. The molecule has 0 bridgehead atoms. The van der Waals surface area contributed by atoms with E-state index in [9.17, 15) is 9.18 Å². The number of nitrogens with one attached hydrogen (secondary N) is 1. The van der Waals surface area contributed by atoms with Crippen LogP contribution in [-0.2, 0) is 17.8 Å². The average molecular weight is 298 g/mol. The Hall–Kier alpha value is -2.36. The Morgan fingerprint density at radius 2 is 2.09 bits per heavy atom. The molecule has 1 N–H and O–H groups in total. The second-order valence-electron chi connectivity index (χ2n) is 5.64. The zero-order chi connectivity index (χ0) is 15.5. The molecule has 0 unspecified atom stereocenters. The summed E-state index contributed by atoms with van der Waals surface area (Å²) < 4.78 is 13.6. The summed E-state index contributed by atoms with van der Waals surface area (Å²) in [5.41, 5.74) is 4.00. The van der Waals surface area contributed by atoms with Crippen LogP contribution in [0.2, 0.25) is 0 Å². The van der Waals surface area contributed by atoms with E-state index in [1.165, 1.54) is 18.6 Å². The molecule has 1 aliphatic rings. The van der Waals surface area contributed by atoms with Crippen molar-refractivity contribution in [3.05, 3.63) is 59.4 Å². The maximum absolute atomic E-state index is 13.6. The lowest BCUT2D eigenvalue weighted by Gasteiger charge is -2.32. The third-order valence-electron chi connectivity index (χ3n) is 3.95. The van der Waals surface area contributed by atoms with Gasteiger partial charge in [0, 0.05) is 31.4 Å². The van der Waals surface area contributed by atoms with E-state index in [4.69, 9.17) is 0 Å². The van der Waals surface area contributed by atoms with Crippen LogP contribution in [0.15, 0.2) is 42.5 Å². The smallest absolute Gasteiger partial charge is 0.221 e. The summed E-state index contributed by atoms with van der Waals surface area (Å²) in [7, 11) is 0. The fraction of sp³-hybridized carbons (Fsp3) is 0.278. The van der Waals surface area contributed by atoms with Crippen molar-refractivity contribution in [2.75, 3.05) is 16.8 Å². The van der Waals surface area contributed by atoms with Crippen LogP contribution in [0.1, 0.15) is 24.5 Å². The van der Waals surface area contributed by atoms with Gasteiger partial charge in [0.25, 0.3) is 0 Å². The van der Waals surface area contributed by atoms with E-state index >= 15 is 0 Å². The first-order valence-electron chi connectivity index (χ1n) is 7.52. The number of anilines is 2. The molecule has 1 heterocycles. The van der Waals surface area contributed by atoms with Gasteiger partial charge in [0.1, 0.15) is 5.82 Å². The van der Waals surface area contributed by atoms with Crippen molar-refractivity contribution >= 4 is 17.3 Å². The zero-order valence-corrected chi connectivity index (χ0v) is 12.6. The first-order valence-corrected chi connectivity index (χ1v) is 7.52. The van der Waals surface area contributed by atoms with E-state index in [2.05, 4.69) is 10.2 Å². The molecule has 3 nitrogen and oxygen atoms in total. The SMILES string of the molecule is CC(=O)Nc1ccccc1CN1CCCc2ccc(F)cc21. The van der Waals surface area contributed by atoms with E-state index in [1.807, 2.05) is 30.3 Å². The molecule has 2 aromatic carbocycles. The van der Waals surface area contributed by atoms with Gasteiger partial charge in [-0.1, -0.05) is 24.3 Å². The van der Waals surface area contributed by atoms with Crippen molar-refractivity contribution in [1.82, 2.24) is 0 Å². The number of para-hydroxylation sites is 1. The van der Waals surface area contributed by atoms with Gasteiger partial charge in [-0.2, -0.15) is 0 Å². The lowest BCUT2D eigenvalue weighted by Crippen LogP contribution is -2.29. The Bertz CT molecular complexity index is 699. The highest BCUT2D eigenvalue weighted by atomic mass is 19.1. The van der Waals surface area contributed by atoms with Gasteiger partial charge in [-0.25, -0.2) is 4.39 Å². The van der Waals surface area contributed by atoms with Gasteiger partial charge in [0.2, 0.25) is 5.91 Å². The number of fused-ring (bicyclic) bond motifs is 1. The molecule has 3 rings (SSSR count). The van der Waals surface area contributed by atoms with Crippen LogP contribution < -0.4 is 10.2 Å². The third kappa shape index (κ3) is 3.11. The number of hydrogen-bond acceptors (Lipinski definition) is 2. The Morgan fingerprint density at radius 3 is 2.91 bits per heavy atom. The Balaban J connectivity index is 1.89. The number of amides is 1. The molecule has 4 heteroatoms. The van der Waals surface area contributed by atoms with E-state index in [0.717, 1.165) is 36.3 Å². The summed E-state index contributed by atoms with van der Waals surface area (Å²) in [6.07, 6.45) is 2.04. The number of aryl methyl sites for hydroxylation is 1. The lowest BCUT2D eigenvalue weighted by molar-refractivity contribution is -0.114. The normalized spacial score (nSPS) is 13.6. The molecular formula is C18H19FN2O. The van der Waals surface area contributed by atoms with Gasteiger partial charge in [-0.3, -0.25) is 4.79 Å². The molecule has 0 aromatic heterocycles. The van der Waals surface area contributed by atoms with Crippen LogP contribution in [0.3, 0.4) is 0 Å². The molecule has 0 saturated heterocycles. The van der Waals surface area contributed by atoms with Crippen molar-refractivity contribution in [3.63, 3.8) is 0 Å². The van der Waals surface area contributed by atoms with E-state index in [0.29, 0.717) is 6.54 Å². The molecule has 1 amide bonds. The Labute approximate surface area is 129 Å². The van der Waals surface area contributed by atoms with Crippen molar-refractivity contribution in [2.45, 2.75) is 26.3 Å². The summed E-state index contributed by atoms with van der Waals surface area (Å²) in [5, 5.41) is 2.86. The van der Waals surface area contributed by atoms with Gasteiger partial charge in [-0.15, -0.1) is 0 Å². The van der Waals surface area contributed by atoms with Crippen LogP contribution in [-0.4, -0.2) is 12.5 Å². The number of carbonyl (C=O) groups excluding carboxylic acids is 1. The standard InChI is InChI=1S/C18H19FN2O/c1-13(22)20-17-7-3-2-5-15(17)12-21-10-4-6-14-8-9-16(19)11-18(14)21/h2-3,5,7-9,11H,4,6,10,12H2,1H3,(H,20,22). The predicted octanol–water partition coefficient (Wildman–Crippen LogP) is 3.74. The lowest BCUT2D eigenvalue weighted by atomic mass is 10.0. The number of carbonyl (C=O) groups is 1. The first kappa shape index (κ1) is 14.6. The molecule has 22 heavy (non-hydrogen) atoms. The maximum Gasteiger partial charge on any atom is 0.221 e. The molecule has 0 fully saturated rings. The summed E-state index contributed by atoms with van der Waals surface area (Å²) in [4.78, 5) is 13.5. The molecule has 1 aliphatic heterocycles. The molecule has 2 aromatic rings. The fourth-order valence-corrected chi connectivity index (χ4v) is 2.96. The van der Waals surface area contributed by atoms with Gasteiger partial charge >= 0.3 is 0 Å². The van der Waals surface area contributed by atoms with E-state index in [1.54, 1.807) is 6.07 Å². The minimum absolute atomic E-state index is 0.0856. The Kier molecular flexibility index (Phi) is 4.09. The van der Waals surface area contributed by atoms with Gasteiger partial charge in [-0.05, 0) is 42.2 Å². The van der Waals surface area contributed by atoms with Crippen LogP contribution in [0, 0.1) is 5.82 Å². The van der Waals surface area contributed by atoms with Crippen molar-refractivity contribution < 1.29 is 9.18 Å². The second kappa shape index (κ2) is 6.18. The number of nitrogens with zero attached hydrogens (tertiary/aromatic N) is 1.